The molecule has 0 unspecified atom stereocenters. The summed E-state index contributed by atoms with van der Waals surface area (Å²) in [5.74, 6) is 1.32. The lowest BCUT2D eigenvalue weighted by atomic mass is 9.96. The van der Waals surface area contributed by atoms with Gasteiger partial charge in [0.2, 0.25) is 0 Å². The first-order valence-electron chi connectivity index (χ1n) is 11.2. The number of hydrogen-bond donors (Lipinski definition) is 1. The van der Waals surface area contributed by atoms with Crippen molar-refractivity contribution >= 4 is 34.1 Å². The molecule has 4 heterocycles. The molecule has 0 aliphatic carbocycles. The quantitative estimate of drug-likeness (QED) is 0.355. The van der Waals surface area contributed by atoms with Crippen LogP contribution in [-0.4, -0.2) is 45.0 Å². The van der Waals surface area contributed by atoms with Crippen LogP contribution in [0.25, 0.3) is 22.4 Å². The van der Waals surface area contributed by atoms with Gasteiger partial charge in [-0.3, -0.25) is 4.98 Å². The number of nitrogens with one attached hydrogen (secondary N) is 1. The van der Waals surface area contributed by atoms with Gasteiger partial charge in [-0.05, 0) is 81.5 Å². The Labute approximate surface area is 205 Å². The first-order valence-corrected chi connectivity index (χ1v) is 11.6. The van der Waals surface area contributed by atoms with E-state index in [0.717, 1.165) is 38.1 Å². The fourth-order valence-corrected chi connectivity index (χ4v) is 4.38. The zero-order chi connectivity index (χ0) is 24.6. The molecule has 5 rings (SSSR count). The molecule has 0 saturated carbocycles. The Kier molecular flexibility index (Phi) is 6.29. The summed E-state index contributed by atoms with van der Waals surface area (Å²) in [6, 6.07) is 12.0. The molecule has 35 heavy (non-hydrogen) atoms. The van der Waals surface area contributed by atoms with Crippen molar-refractivity contribution in [2.75, 3.05) is 25.5 Å². The molecule has 0 radical (unpaired) electrons. The number of likely N-dealkylation sites (tertiary alicyclic amines) is 1. The fourth-order valence-electron chi connectivity index (χ4n) is 4.16. The fraction of sp³-hybridized carbons (Fsp3) is 0.280. The van der Waals surface area contributed by atoms with Crippen molar-refractivity contribution < 1.29 is 13.2 Å². The van der Waals surface area contributed by atoms with E-state index in [4.69, 9.17) is 26.6 Å². The Balaban J connectivity index is 1.57. The minimum absolute atomic E-state index is 0.160. The second-order valence-corrected chi connectivity index (χ2v) is 9.02. The lowest BCUT2D eigenvalue weighted by molar-refractivity contribution is -0.137. The second-order valence-electron chi connectivity index (χ2n) is 8.61. The molecule has 0 bridgehead atoms. The Morgan fingerprint density at radius 1 is 0.971 bits per heavy atom. The van der Waals surface area contributed by atoms with Crippen LogP contribution in [0.2, 0.25) is 5.02 Å². The highest BCUT2D eigenvalue weighted by molar-refractivity contribution is 6.32. The first-order chi connectivity index (χ1) is 16.8. The Bertz CT molecular complexity index is 1350. The minimum Gasteiger partial charge on any atom is -0.340 e. The molecule has 0 spiro atoms. The van der Waals surface area contributed by atoms with Gasteiger partial charge in [0.15, 0.2) is 5.65 Å². The van der Waals surface area contributed by atoms with Crippen molar-refractivity contribution in [1.29, 1.82) is 0 Å². The summed E-state index contributed by atoms with van der Waals surface area (Å²) in [5, 5.41) is 4.30. The molecule has 4 aromatic rings. The molecule has 3 aromatic heterocycles. The normalized spacial score (nSPS) is 15.5. The van der Waals surface area contributed by atoms with Crippen molar-refractivity contribution in [3.63, 3.8) is 0 Å². The van der Waals surface area contributed by atoms with Crippen molar-refractivity contribution in [3.05, 3.63) is 71.1 Å². The van der Waals surface area contributed by atoms with Crippen LogP contribution in [0.1, 0.15) is 30.1 Å². The van der Waals surface area contributed by atoms with E-state index >= 15 is 0 Å². The Morgan fingerprint density at radius 2 is 1.71 bits per heavy atom. The molecule has 1 saturated heterocycles. The maximum absolute atomic E-state index is 13.0. The average Bonchev–Trinajstić information content (AvgIpc) is 2.84. The molecule has 1 fully saturated rings. The van der Waals surface area contributed by atoms with Gasteiger partial charge in [0.25, 0.3) is 0 Å². The summed E-state index contributed by atoms with van der Waals surface area (Å²) in [6.45, 7) is 1.87. The van der Waals surface area contributed by atoms with Crippen LogP contribution >= 0.6 is 11.6 Å². The Hall–Kier alpha value is -3.30. The lowest BCUT2D eigenvalue weighted by Crippen LogP contribution is -2.30. The number of alkyl halides is 3. The van der Waals surface area contributed by atoms with Crippen LogP contribution in [-0.2, 0) is 6.18 Å². The van der Waals surface area contributed by atoms with E-state index < -0.39 is 11.7 Å². The molecule has 180 valence electrons. The molecule has 1 N–H and O–H groups in total. The van der Waals surface area contributed by atoms with Gasteiger partial charge < -0.3 is 10.2 Å². The minimum atomic E-state index is -4.39. The van der Waals surface area contributed by atoms with Crippen LogP contribution in [0.3, 0.4) is 0 Å². The third kappa shape index (κ3) is 5.06. The number of fused-ring (bicyclic) bond motifs is 1. The molecule has 6 nitrogen and oxygen atoms in total. The molecule has 0 atom stereocenters. The van der Waals surface area contributed by atoms with Crippen LogP contribution in [0, 0.1) is 0 Å². The van der Waals surface area contributed by atoms with E-state index in [2.05, 4.69) is 22.2 Å². The molecular formula is C25H22ClF3N6. The van der Waals surface area contributed by atoms with Gasteiger partial charge in [-0.2, -0.15) is 13.2 Å². The van der Waals surface area contributed by atoms with Crippen LogP contribution in [0.5, 0.6) is 0 Å². The lowest BCUT2D eigenvalue weighted by Gasteiger charge is -2.28. The summed E-state index contributed by atoms with van der Waals surface area (Å²) in [6.07, 6.45) is -0.926. The van der Waals surface area contributed by atoms with E-state index in [9.17, 15) is 13.2 Å². The summed E-state index contributed by atoms with van der Waals surface area (Å²) in [5.41, 5.74) is 1.39. The highest BCUT2D eigenvalue weighted by atomic mass is 35.5. The van der Waals surface area contributed by atoms with Crippen LogP contribution in [0.15, 0.2) is 54.7 Å². The Morgan fingerprint density at radius 3 is 2.40 bits per heavy atom. The van der Waals surface area contributed by atoms with Gasteiger partial charge in [0, 0.05) is 17.8 Å². The molecule has 1 aromatic carbocycles. The number of rotatable bonds is 4. The van der Waals surface area contributed by atoms with Crippen LogP contribution < -0.4 is 5.32 Å². The predicted octanol–water partition coefficient (Wildman–Crippen LogP) is 6.31. The molecule has 10 heteroatoms. The SMILES string of the molecule is CN1CCC(c2nc(Nc3ccc(C(F)(F)F)cc3)c3ccc(-c4ncccc4Cl)nc3n2)CC1. The number of hydrogen-bond acceptors (Lipinski definition) is 6. The smallest absolute Gasteiger partial charge is 0.340 e. The summed E-state index contributed by atoms with van der Waals surface area (Å²) >= 11 is 6.33. The van der Waals surface area contributed by atoms with Gasteiger partial charge in [-0.1, -0.05) is 11.6 Å². The van der Waals surface area contributed by atoms with E-state index in [1.54, 1.807) is 24.4 Å². The number of anilines is 2. The van der Waals surface area contributed by atoms with Crippen molar-refractivity contribution in [2.24, 2.45) is 0 Å². The van der Waals surface area contributed by atoms with E-state index in [-0.39, 0.29) is 5.92 Å². The van der Waals surface area contributed by atoms with Gasteiger partial charge in [-0.15, -0.1) is 0 Å². The average molecular weight is 499 g/mol. The topological polar surface area (TPSA) is 66.8 Å². The molecule has 1 aliphatic heterocycles. The van der Waals surface area contributed by atoms with Gasteiger partial charge in [-0.25, -0.2) is 15.0 Å². The highest BCUT2D eigenvalue weighted by Crippen LogP contribution is 2.33. The maximum Gasteiger partial charge on any atom is 0.416 e. The second kappa shape index (κ2) is 9.39. The summed E-state index contributed by atoms with van der Waals surface area (Å²) < 4.78 is 38.9. The molecule has 1 aliphatic rings. The predicted molar refractivity (Wildman–Crippen MR) is 130 cm³/mol. The van der Waals surface area contributed by atoms with E-state index in [1.165, 1.54) is 12.1 Å². The standard InChI is InChI=1S/C25H22ClF3N6/c1-35-13-10-15(11-14-35)22-33-23(31-17-6-4-16(5-7-17)25(27,28)29)18-8-9-20(32-24(18)34-22)21-19(26)3-2-12-30-21/h2-9,12,15H,10-11,13-14H2,1H3,(H,31,32,33,34). The zero-order valence-corrected chi connectivity index (χ0v) is 19.6. The third-order valence-corrected chi connectivity index (χ3v) is 6.44. The highest BCUT2D eigenvalue weighted by Gasteiger charge is 2.30. The van der Waals surface area contributed by atoms with Gasteiger partial charge >= 0.3 is 6.18 Å². The number of benzene rings is 1. The zero-order valence-electron chi connectivity index (χ0n) is 18.8. The number of piperidine rings is 1. The summed E-state index contributed by atoms with van der Waals surface area (Å²) in [4.78, 5) is 20.9. The third-order valence-electron chi connectivity index (χ3n) is 6.14. The first kappa shape index (κ1) is 23.4. The van der Waals surface area contributed by atoms with Gasteiger partial charge in [0.05, 0.1) is 21.7 Å². The summed E-state index contributed by atoms with van der Waals surface area (Å²) in [7, 11) is 2.08. The van der Waals surface area contributed by atoms with E-state index in [0.29, 0.717) is 44.8 Å². The monoisotopic (exact) mass is 498 g/mol. The van der Waals surface area contributed by atoms with Crippen molar-refractivity contribution in [1.82, 2.24) is 24.8 Å². The van der Waals surface area contributed by atoms with Crippen molar-refractivity contribution in [2.45, 2.75) is 24.9 Å². The number of nitrogens with zero attached hydrogens (tertiary/aromatic N) is 5. The largest absolute Gasteiger partial charge is 0.416 e. The number of aromatic nitrogens is 4. The van der Waals surface area contributed by atoms with Crippen LogP contribution in [0.4, 0.5) is 24.7 Å². The molecular weight excluding hydrogens is 477 g/mol. The van der Waals surface area contributed by atoms with Gasteiger partial charge in [0.1, 0.15) is 17.3 Å². The molecule has 0 amide bonds. The number of halogens is 4. The van der Waals surface area contributed by atoms with Crippen molar-refractivity contribution in [3.8, 4) is 11.4 Å². The van der Waals surface area contributed by atoms with E-state index in [1.807, 2.05) is 6.07 Å². The maximum atomic E-state index is 13.0. The number of pyridine rings is 2.